The molecule has 4 saturated carbocycles. The van der Waals surface area contributed by atoms with E-state index in [4.69, 9.17) is 4.74 Å². The molecule has 1 aromatic rings. The van der Waals surface area contributed by atoms with E-state index in [9.17, 15) is 13.2 Å². The summed E-state index contributed by atoms with van der Waals surface area (Å²) in [6, 6.07) is 5.08. The van der Waals surface area contributed by atoms with Crippen LogP contribution in [-0.2, 0) is 6.18 Å². The number of halogens is 3. The van der Waals surface area contributed by atoms with Gasteiger partial charge in [-0.2, -0.15) is 13.2 Å². The molecule has 0 spiro atoms. The minimum Gasteiger partial charge on any atom is -0.493 e. The average Bonchev–Trinajstić information content (AvgIpc) is 3.24. The molecule has 0 N–H and O–H groups in total. The van der Waals surface area contributed by atoms with E-state index in [0.717, 1.165) is 54.1 Å². The molecule has 0 aromatic heterocycles. The van der Waals surface area contributed by atoms with Gasteiger partial charge in [0.1, 0.15) is 5.75 Å². The van der Waals surface area contributed by atoms with Crippen LogP contribution in [0.15, 0.2) is 24.3 Å². The van der Waals surface area contributed by atoms with Crippen LogP contribution in [0.25, 0.3) is 0 Å². The minimum atomic E-state index is -4.30. The second-order valence-electron chi connectivity index (χ2n) is 14.5. The maximum absolute atomic E-state index is 12.8. The predicted molar refractivity (Wildman–Crippen MR) is 149 cm³/mol. The molecular weight excluding hydrogens is 481 g/mol. The zero-order chi connectivity index (χ0) is 27.1. The number of rotatable bonds is 8. The van der Waals surface area contributed by atoms with Crippen molar-refractivity contribution in [3.8, 4) is 5.75 Å². The summed E-state index contributed by atoms with van der Waals surface area (Å²) in [6.07, 6.45) is 14.0. The fourth-order valence-corrected chi connectivity index (χ4v) is 10.3. The van der Waals surface area contributed by atoms with Gasteiger partial charge in [-0.3, -0.25) is 0 Å². The van der Waals surface area contributed by atoms with Gasteiger partial charge in [-0.05, 0) is 134 Å². The van der Waals surface area contributed by atoms with Crippen LogP contribution in [-0.4, -0.2) is 6.61 Å². The fourth-order valence-electron chi connectivity index (χ4n) is 10.3. The standard InChI is InChI=1S/C34H51F3O/c1-23(22-38-27-14-11-26(12-15-27)34(35,36)37)8-7-9-24(2)29-17-18-30-28-16-13-25-10-5-6-20-32(25,3)31(28)19-21-33(29,30)4/h11-12,14-15,23-25,28-31H,5-10,13,16-22H2,1-4H3/t23?,24?,25?,28-,29+,30-,31-,32-,33+/m0/s1. The average molecular weight is 533 g/mol. The normalized spacial score (nSPS) is 38.6. The van der Waals surface area contributed by atoms with Crippen LogP contribution < -0.4 is 4.74 Å². The maximum Gasteiger partial charge on any atom is 0.416 e. The number of ether oxygens (including phenoxy) is 1. The molecule has 4 heteroatoms. The number of hydrogen-bond donors (Lipinski definition) is 0. The minimum absolute atomic E-state index is 0.401. The Morgan fingerprint density at radius 2 is 1.58 bits per heavy atom. The Hall–Kier alpha value is -1.19. The van der Waals surface area contributed by atoms with Gasteiger partial charge in [0.2, 0.25) is 0 Å². The SMILES string of the molecule is CC(CCCC(C)[C@H]1CC[C@H]2[C@@H]3CCC4CCCC[C@]4(C)[C@H]3CC[C@]12C)COc1ccc(C(F)(F)F)cc1. The highest BCUT2D eigenvalue weighted by molar-refractivity contribution is 5.28. The largest absolute Gasteiger partial charge is 0.493 e. The lowest BCUT2D eigenvalue weighted by Gasteiger charge is -2.61. The Morgan fingerprint density at radius 1 is 0.842 bits per heavy atom. The van der Waals surface area contributed by atoms with E-state index in [1.807, 2.05) is 0 Å². The van der Waals surface area contributed by atoms with Gasteiger partial charge in [0.05, 0.1) is 12.2 Å². The Kier molecular flexibility index (Phi) is 8.20. The van der Waals surface area contributed by atoms with Gasteiger partial charge in [-0.25, -0.2) is 0 Å². The third kappa shape index (κ3) is 5.40. The van der Waals surface area contributed by atoms with Crippen molar-refractivity contribution in [1.82, 2.24) is 0 Å². The second-order valence-corrected chi connectivity index (χ2v) is 14.5. The Balaban J connectivity index is 1.09. The zero-order valence-corrected chi connectivity index (χ0v) is 24.3. The molecule has 4 aliphatic carbocycles. The lowest BCUT2D eigenvalue weighted by Crippen LogP contribution is -2.53. The highest BCUT2D eigenvalue weighted by Crippen LogP contribution is 2.68. The molecule has 4 fully saturated rings. The molecule has 9 atom stereocenters. The van der Waals surface area contributed by atoms with Crippen LogP contribution >= 0.6 is 0 Å². The van der Waals surface area contributed by atoms with E-state index < -0.39 is 11.7 Å². The van der Waals surface area contributed by atoms with E-state index in [-0.39, 0.29) is 0 Å². The molecule has 214 valence electrons. The molecule has 1 nitrogen and oxygen atoms in total. The monoisotopic (exact) mass is 532 g/mol. The van der Waals surface area contributed by atoms with Crippen molar-refractivity contribution < 1.29 is 17.9 Å². The van der Waals surface area contributed by atoms with Gasteiger partial charge in [-0.1, -0.05) is 53.4 Å². The second kappa shape index (κ2) is 11.0. The van der Waals surface area contributed by atoms with Crippen LogP contribution in [0, 0.1) is 52.3 Å². The van der Waals surface area contributed by atoms with Gasteiger partial charge in [0, 0.05) is 0 Å². The first-order valence-corrected chi connectivity index (χ1v) is 15.8. The molecule has 0 amide bonds. The lowest BCUT2D eigenvalue weighted by atomic mass is 9.44. The van der Waals surface area contributed by atoms with E-state index in [1.165, 1.54) is 89.2 Å². The third-order valence-electron chi connectivity index (χ3n) is 12.4. The van der Waals surface area contributed by atoms with Crippen molar-refractivity contribution in [2.45, 2.75) is 117 Å². The molecule has 1 aromatic carbocycles. The van der Waals surface area contributed by atoms with E-state index in [0.29, 0.717) is 29.1 Å². The maximum atomic E-state index is 12.8. The quantitative estimate of drug-likeness (QED) is 0.323. The van der Waals surface area contributed by atoms with Crippen molar-refractivity contribution in [2.75, 3.05) is 6.61 Å². The van der Waals surface area contributed by atoms with Crippen LogP contribution in [0.2, 0.25) is 0 Å². The first-order valence-electron chi connectivity index (χ1n) is 15.8. The summed E-state index contributed by atoms with van der Waals surface area (Å²) in [6.45, 7) is 10.6. The molecule has 38 heavy (non-hydrogen) atoms. The summed E-state index contributed by atoms with van der Waals surface area (Å²) < 4.78 is 44.1. The topological polar surface area (TPSA) is 9.23 Å². The predicted octanol–water partition coefficient (Wildman–Crippen LogP) is 10.6. The van der Waals surface area contributed by atoms with Crippen molar-refractivity contribution in [3.63, 3.8) is 0 Å². The Morgan fingerprint density at radius 3 is 2.32 bits per heavy atom. The van der Waals surface area contributed by atoms with E-state index >= 15 is 0 Å². The molecule has 0 radical (unpaired) electrons. The molecule has 3 unspecified atom stereocenters. The highest BCUT2D eigenvalue weighted by atomic mass is 19.4. The number of alkyl halides is 3. The third-order valence-corrected chi connectivity index (χ3v) is 12.4. The highest BCUT2D eigenvalue weighted by Gasteiger charge is 2.60. The van der Waals surface area contributed by atoms with Crippen LogP contribution in [0.5, 0.6) is 5.75 Å². The molecule has 4 aliphatic rings. The zero-order valence-electron chi connectivity index (χ0n) is 24.3. The van der Waals surface area contributed by atoms with Crippen LogP contribution in [0.3, 0.4) is 0 Å². The molecule has 0 bridgehead atoms. The Labute approximate surface area is 229 Å². The van der Waals surface area contributed by atoms with Crippen molar-refractivity contribution in [2.24, 2.45) is 52.3 Å². The smallest absolute Gasteiger partial charge is 0.416 e. The molecule has 0 heterocycles. The molecule has 5 rings (SSSR count). The number of fused-ring (bicyclic) bond motifs is 5. The summed E-state index contributed by atoms with van der Waals surface area (Å²) in [5, 5.41) is 0. The van der Waals surface area contributed by atoms with Crippen molar-refractivity contribution in [3.05, 3.63) is 29.8 Å². The number of benzene rings is 1. The molecule has 0 saturated heterocycles. The summed E-state index contributed by atoms with van der Waals surface area (Å²) in [5.74, 6) is 6.47. The van der Waals surface area contributed by atoms with E-state index in [2.05, 4.69) is 27.7 Å². The summed E-state index contributed by atoms with van der Waals surface area (Å²) in [7, 11) is 0. The summed E-state index contributed by atoms with van der Waals surface area (Å²) >= 11 is 0. The van der Waals surface area contributed by atoms with Gasteiger partial charge in [-0.15, -0.1) is 0 Å². The van der Waals surface area contributed by atoms with Gasteiger partial charge in [0.15, 0.2) is 0 Å². The lowest BCUT2D eigenvalue weighted by molar-refractivity contribution is -0.137. The summed E-state index contributed by atoms with van der Waals surface area (Å²) in [5.41, 5.74) is 0.541. The van der Waals surface area contributed by atoms with Crippen LogP contribution in [0.1, 0.15) is 117 Å². The van der Waals surface area contributed by atoms with E-state index in [1.54, 1.807) is 0 Å². The van der Waals surface area contributed by atoms with Gasteiger partial charge < -0.3 is 4.74 Å². The first-order chi connectivity index (χ1) is 18.0. The first kappa shape index (κ1) is 28.3. The molecule has 0 aliphatic heterocycles. The van der Waals surface area contributed by atoms with Crippen molar-refractivity contribution >= 4 is 0 Å². The van der Waals surface area contributed by atoms with Gasteiger partial charge >= 0.3 is 6.18 Å². The fraction of sp³-hybridized carbons (Fsp3) is 0.824. The van der Waals surface area contributed by atoms with Gasteiger partial charge in [0.25, 0.3) is 0 Å². The van der Waals surface area contributed by atoms with Crippen LogP contribution in [0.4, 0.5) is 13.2 Å². The van der Waals surface area contributed by atoms with Crippen molar-refractivity contribution in [1.29, 1.82) is 0 Å². The molecular formula is C34H51F3O. The summed E-state index contributed by atoms with van der Waals surface area (Å²) in [4.78, 5) is 0. The number of hydrogen-bond acceptors (Lipinski definition) is 1. The Bertz CT molecular complexity index is 925.